The zero-order valence-electron chi connectivity index (χ0n) is 5.71. The largest absolute Gasteiger partial charge is 0.383 e. The summed E-state index contributed by atoms with van der Waals surface area (Å²) in [7, 11) is 0. The van der Waals surface area contributed by atoms with Crippen molar-refractivity contribution in [3.8, 4) is 0 Å². The summed E-state index contributed by atoms with van der Waals surface area (Å²) in [6.45, 7) is 2.16. The maximum absolute atomic E-state index is 8.70. The highest BCUT2D eigenvalue weighted by Gasteiger charge is 1.94. The van der Waals surface area contributed by atoms with Crippen LogP contribution in [0.3, 0.4) is 0 Å². The molecule has 0 aromatic carbocycles. The molecule has 56 valence electrons. The van der Waals surface area contributed by atoms with Gasteiger partial charge >= 0.3 is 0 Å². The number of hydrogen-bond donors (Lipinski definition) is 2. The lowest BCUT2D eigenvalue weighted by Gasteiger charge is -2.00. The molecule has 0 fully saturated rings. The van der Waals surface area contributed by atoms with E-state index in [1.165, 1.54) is 12.2 Å². The van der Waals surface area contributed by atoms with Crippen LogP contribution in [0.1, 0.15) is 19.8 Å². The molecule has 0 aromatic rings. The van der Waals surface area contributed by atoms with Gasteiger partial charge in [0.15, 0.2) is 0 Å². The van der Waals surface area contributed by atoms with E-state index in [0.29, 0.717) is 0 Å². The first-order valence-corrected chi connectivity index (χ1v) is 4.88. The molecule has 0 heterocycles. The molecule has 0 saturated heterocycles. The SMILES string of the molecule is CCCSCCC(O)S. The Labute approximate surface area is 66.6 Å². The number of aliphatic hydroxyl groups is 1. The Morgan fingerprint density at radius 2 is 2.22 bits per heavy atom. The van der Waals surface area contributed by atoms with Gasteiger partial charge in [0.2, 0.25) is 0 Å². The molecule has 0 aliphatic heterocycles. The molecule has 0 aromatic heterocycles. The van der Waals surface area contributed by atoms with Crippen molar-refractivity contribution < 1.29 is 5.11 Å². The minimum Gasteiger partial charge on any atom is -0.383 e. The van der Waals surface area contributed by atoms with E-state index >= 15 is 0 Å². The second-order valence-corrected chi connectivity index (χ2v) is 3.70. The standard InChI is InChI=1S/C6H14OS2/c1-2-4-9-5-3-6(7)8/h6-8H,2-5H2,1H3. The van der Waals surface area contributed by atoms with Gasteiger partial charge in [-0.3, -0.25) is 0 Å². The minimum atomic E-state index is -0.422. The number of rotatable bonds is 5. The molecule has 0 amide bonds. The topological polar surface area (TPSA) is 20.2 Å². The molecule has 0 aliphatic rings. The van der Waals surface area contributed by atoms with E-state index in [4.69, 9.17) is 5.11 Å². The fourth-order valence-electron chi connectivity index (χ4n) is 0.435. The van der Waals surface area contributed by atoms with E-state index in [1.807, 2.05) is 11.8 Å². The third-order valence-electron chi connectivity index (χ3n) is 0.869. The molecule has 0 radical (unpaired) electrons. The lowest BCUT2D eigenvalue weighted by molar-refractivity contribution is 0.263. The maximum atomic E-state index is 8.70. The number of thioether (sulfide) groups is 1. The summed E-state index contributed by atoms with van der Waals surface area (Å²) < 4.78 is 0. The van der Waals surface area contributed by atoms with E-state index in [9.17, 15) is 0 Å². The second-order valence-electron chi connectivity index (χ2n) is 1.88. The Balaban J connectivity index is 2.75. The van der Waals surface area contributed by atoms with Gasteiger partial charge in [-0.15, -0.1) is 12.6 Å². The molecule has 1 unspecified atom stereocenters. The molecule has 0 rings (SSSR count). The van der Waals surface area contributed by atoms with Crippen molar-refractivity contribution in [2.75, 3.05) is 11.5 Å². The zero-order chi connectivity index (χ0) is 7.11. The molecular weight excluding hydrogens is 152 g/mol. The molecule has 3 heteroatoms. The lowest BCUT2D eigenvalue weighted by atomic mass is 10.5. The summed E-state index contributed by atoms with van der Waals surface area (Å²) in [6.07, 6.45) is 2.01. The molecule has 1 N–H and O–H groups in total. The molecule has 9 heavy (non-hydrogen) atoms. The second kappa shape index (κ2) is 6.78. The quantitative estimate of drug-likeness (QED) is 0.369. The number of hydrogen-bond acceptors (Lipinski definition) is 3. The summed E-state index contributed by atoms with van der Waals surface area (Å²) >= 11 is 5.72. The molecular formula is C6H14OS2. The van der Waals surface area contributed by atoms with Crippen LogP contribution >= 0.6 is 24.4 Å². The summed E-state index contributed by atoms with van der Waals surface area (Å²) in [6, 6.07) is 0. The fourth-order valence-corrected chi connectivity index (χ4v) is 1.62. The van der Waals surface area contributed by atoms with Crippen LogP contribution in [0, 0.1) is 0 Å². The Morgan fingerprint density at radius 3 is 2.67 bits per heavy atom. The summed E-state index contributed by atoms with van der Waals surface area (Å²) in [5, 5.41) is 8.70. The van der Waals surface area contributed by atoms with Gasteiger partial charge in [-0.1, -0.05) is 6.92 Å². The normalized spacial score (nSPS) is 13.7. The smallest absolute Gasteiger partial charge is 0.0972 e. The Bertz CT molecular complexity index is 57.0. The van der Waals surface area contributed by atoms with E-state index in [-0.39, 0.29) is 0 Å². The number of thiol groups is 1. The van der Waals surface area contributed by atoms with Gasteiger partial charge in [-0.05, 0) is 24.3 Å². The average molecular weight is 166 g/mol. The van der Waals surface area contributed by atoms with Crippen LogP contribution in [0.4, 0.5) is 0 Å². The van der Waals surface area contributed by atoms with Crippen LogP contribution in [0.25, 0.3) is 0 Å². The molecule has 0 saturated carbocycles. The van der Waals surface area contributed by atoms with Gasteiger partial charge in [-0.2, -0.15) is 11.8 Å². The molecule has 1 nitrogen and oxygen atoms in total. The summed E-state index contributed by atoms with van der Waals surface area (Å²) in [5.74, 6) is 2.22. The van der Waals surface area contributed by atoms with Crippen molar-refractivity contribution in [3.05, 3.63) is 0 Å². The molecule has 0 bridgehead atoms. The van der Waals surface area contributed by atoms with Crippen LogP contribution < -0.4 is 0 Å². The predicted molar refractivity (Wildman–Crippen MR) is 47.2 cm³/mol. The van der Waals surface area contributed by atoms with Gasteiger partial charge in [0.25, 0.3) is 0 Å². The zero-order valence-corrected chi connectivity index (χ0v) is 7.42. The fraction of sp³-hybridized carbons (Fsp3) is 1.00. The first-order valence-electron chi connectivity index (χ1n) is 3.21. The predicted octanol–water partition coefficient (Wildman–Crippen LogP) is 1.77. The van der Waals surface area contributed by atoms with Crippen molar-refractivity contribution in [1.29, 1.82) is 0 Å². The first kappa shape index (κ1) is 9.66. The number of aliphatic hydroxyl groups excluding tert-OH is 1. The van der Waals surface area contributed by atoms with Crippen LogP contribution in [-0.2, 0) is 0 Å². The Hall–Kier alpha value is 0.660. The third kappa shape index (κ3) is 8.66. The van der Waals surface area contributed by atoms with Crippen molar-refractivity contribution in [2.24, 2.45) is 0 Å². The molecule has 1 atom stereocenters. The third-order valence-corrected chi connectivity index (χ3v) is 2.35. The van der Waals surface area contributed by atoms with Gasteiger partial charge in [0.05, 0.1) is 5.44 Å². The van der Waals surface area contributed by atoms with E-state index in [0.717, 1.165) is 12.2 Å². The van der Waals surface area contributed by atoms with Crippen molar-refractivity contribution in [3.63, 3.8) is 0 Å². The highest BCUT2D eigenvalue weighted by Crippen LogP contribution is 2.07. The van der Waals surface area contributed by atoms with E-state index < -0.39 is 5.44 Å². The van der Waals surface area contributed by atoms with Gasteiger partial charge in [-0.25, -0.2) is 0 Å². The van der Waals surface area contributed by atoms with Gasteiger partial charge in [0, 0.05) is 0 Å². The maximum Gasteiger partial charge on any atom is 0.0972 e. The highest BCUT2D eigenvalue weighted by molar-refractivity contribution is 7.99. The lowest BCUT2D eigenvalue weighted by Crippen LogP contribution is -1.97. The van der Waals surface area contributed by atoms with E-state index in [1.54, 1.807) is 0 Å². The molecule has 0 aliphatic carbocycles. The minimum absolute atomic E-state index is 0.422. The van der Waals surface area contributed by atoms with E-state index in [2.05, 4.69) is 19.6 Å². The van der Waals surface area contributed by atoms with Crippen molar-refractivity contribution >= 4 is 24.4 Å². The Morgan fingerprint density at radius 1 is 1.56 bits per heavy atom. The molecule has 0 spiro atoms. The Kier molecular flexibility index (Phi) is 7.27. The van der Waals surface area contributed by atoms with Gasteiger partial charge < -0.3 is 5.11 Å². The average Bonchev–Trinajstić information content (AvgIpc) is 1.80. The van der Waals surface area contributed by atoms with Crippen LogP contribution in [0.15, 0.2) is 0 Å². The monoisotopic (exact) mass is 166 g/mol. The van der Waals surface area contributed by atoms with Crippen LogP contribution in [0.2, 0.25) is 0 Å². The van der Waals surface area contributed by atoms with Crippen molar-refractivity contribution in [2.45, 2.75) is 25.2 Å². The first-order chi connectivity index (χ1) is 4.27. The highest BCUT2D eigenvalue weighted by atomic mass is 32.2. The van der Waals surface area contributed by atoms with Crippen LogP contribution in [-0.4, -0.2) is 22.0 Å². The van der Waals surface area contributed by atoms with Gasteiger partial charge in [0.1, 0.15) is 0 Å². The van der Waals surface area contributed by atoms with Crippen LogP contribution in [0.5, 0.6) is 0 Å². The summed E-state index contributed by atoms with van der Waals surface area (Å²) in [4.78, 5) is 0. The van der Waals surface area contributed by atoms with Crippen molar-refractivity contribution in [1.82, 2.24) is 0 Å². The summed E-state index contributed by atoms with van der Waals surface area (Å²) in [5.41, 5.74) is -0.422.